The number of H-pyrrole nitrogens is 1. The Morgan fingerprint density at radius 3 is 2.14 bits per heavy atom. The highest BCUT2D eigenvalue weighted by atomic mass is 35.5. The van der Waals surface area contributed by atoms with Gasteiger partial charge in [-0.2, -0.15) is 26.3 Å². The van der Waals surface area contributed by atoms with Gasteiger partial charge in [0.15, 0.2) is 5.69 Å². The minimum absolute atomic E-state index is 0.540. The highest BCUT2D eigenvalue weighted by Gasteiger charge is 2.36. The van der Waals surface area contributed by atoms with Gasteiger partial charge in [-0.1, -0.05) is 23.3 Å². The number of carbonyl (C=O) groups excluding carboxylic acids is 2. The SMILES string of the molecule is NCCCC1=CC2Cc3[nH+]c4cc(Cl)ccc4c(N)c3C(C1)C2.O=C([O-])C(F)(F)F.O=C([O-])C(F)(F)F. The van der Waals surface area contributed by atoms with Crippen LogP contribution in [0.4, 0.5) is 32.0 Å². The summed E-state index contributed by atoms with van der Waals surface area (Å²) < 4.78 is 63.1. The summed E-state index contributed by atoms with van der Waals surface area (Å²) in [6.45, 7) is 0.768. The van der Waals surface area contributed by atoms with E-state index in [4.69, 9.17) is 42.9 Å². The van der Waals surface area contributed by atoms with E-state index in [0.29, 0.717) is 11.8 Å². The van der Waals surface area contributed by atoms with Gasteiger partial charge in [0.25, 0.3) is 0 Å². The van der Waals surface area contributed by atoms with Gasteiger partial charge in [-0.15, -0.1) is 0 Å². The van der Waals surface area contributed by atoms with Crippen LogP contribution in [0.1, 0.15) is 42.9 Å². The summed E-state index contributed by atoms with van der Waals surface area (Å²) in [7, 11) is 0. The van der Waals surface area contributed by atoms with E-state index in [1.807, 2.05) is 18.2 Å². The number of allylic oxidation sites excluding steroid dienone is 2. The van der Waals surface area contributed by atoms with Gasteiger partial charge in [0.2, 0.25) is 5.52 Å². The van der Waals surface area contributed by atoms with Crippen LogP contribution < -0.4 is 26.7 Å². The number of aromatic nitrogens is 1. The number of carboxylic acid groups (broad SMARTS) is 2. The first-order chi connectivity index (χ1) is 17.0. The van der Waals surface area contributed by atoms with Crippen molar-refractivity contribution in [3.63, 3.8) is 0 Å². The van der Waals surface area contributed by atoms with Crippen LogP contribution in [0.25, 0.3) is 10.9 Å². The Morgan fingerprint density at radius 2 is 1.62 bits per heavy atom. The maximum atomic E-state index is 10.5. The van der Waals surface area contributed by atoms with Crippen LogP contribution in [0.5, 0.6) is 0 Å². The number of hydrogen-bond acceptors (Lipinski definition) is 6. The molecule has 0 radical (unpaired) electrons. The Balaban J connectivity index is 0.000000286. The van der Waals surface area contributed by atoms with Crippen LogP contribution in [-0.4, -0.2) is 30.8 Å². The van der Waals surface area contributed by atoms with Gasteiger partial charge in [-0.25, -0.2) is 4.98 Å². The Labute approximate surface area is 212 Å². The second kappa shape index (κ2) is 12.0. The molecule has 0 amide bonds. The van der Waals surface area contributed by atoms with E-state index >= 15 is 0 Å². The van der Waals surface area contributed by atoms with Gasteiger partial charge < -0.3 is 31.3 Å². The van der Waals surface area contributed by atoms with Crippen molar-refractivity contribution < 1.29 is 51.1 Å². The lowest BCUT2D eigenvalue weighted by Gasteiger charge is -2.34. The molecule has 7 nitrogen and oxygen atoms in total. The maximum Gasteiger partial charge on any atom is 0.430 e. The van der Waals surface area contributed by atoms with Crippen LogP contribution in [0, 0.1) is 5.92 Å². The summed E-state index contributed by atoms with van der Waals surface area (Å²) in [6, 6.07) is 5.92. The van der Waals surface area contributed by atoms with Crippen LogP contribution in [0.3, 0.4) is 0 Å². The van der Waals surface area contributed by atoms with Crippen molar-refractivity contribution in [3.05, 3.63) is 46.1 Å². The molecule has 2 aromatic rings. The van der Waals surface area contributed by atoms with Gasteiger partial charge in [0, 0.05) is 23.1 Å². The average Bonchev–Trinajstić information content (AvgIpc) is 2.76. The third-order valence-electron chi connectivity index (χ3n) is 5.78. The van der Waals surface area contributed by atoms with E-state index in [0.717, 1.165) is 53.8 Å². The summed E-state index contributed by atoms with van der Waals surface area (Å²) in [6.07, 6.45) is -2.30. The molecule has 1 aromatic carbocycles. The van der Waals surface area contributed by atoms with E-state index in [-0.39, 0.29) is 0 Å². The standard InChI is InChI=1S/C19H22ClN3.2C2HF3O2/c20-14-3-4-15-16(10-14)23-17-9-12-6-11(2-1-5-21)7-13(8-12)18(17)19(15)22;2*3-2(4,5)1(6)7/h3-4,6,10,12-13H,1-2,5,7-9,21H2,(H2,22,23);2*(H,6,7)/p-1. The van der Waals surface area contributed by atoms with Crippen molar-refractivity contribution in [2.45, 2.75) is 50.4 Å². The zero-order valence-electron chi connectivity index (χ0n) is 19.1. The minimum atomic E-state index is -5.19. The normalized spacial score (nSPS) is 18.4. The number of nitrogen functional groups attached to an aromatic ring is 1. The van der Waals surface area contributed by atoms with E-state index in [1.165, 1.54) is 17.7 Å². The van der Waals surface area contributed by atoms with E-state index in [9.17, 15) is 26.3 Å². The van der Waals surface area contributed by atoms with Crippen LogP contribution >= 0.6 is 11.6 Å². The molecule has 2 unspecified atom stereocenters. The molecule has 0 fully saturated rings. The number of nitrogens with one attached hydrogen (secondary N) is 1. The number of benzene rings is 1. The molecule has 2 aliphatic carbocycles. The van der Waals surface area contributed by atoms with Gasteiger partial charge in [-0.3, -0.25) is 0 Å². The molecule has 14 heteroatoms. The zero-order valence-corrected chi connectivity index (χ0v) is 19.9. The van der Waals surface area contributed by atoms with Crippen molar-refractivity contribution >= 4 is 40.1 Å². The van der Waals surface area contributed by atoms with Gasteiger partial charge >= 0.3 is 12.4 Å². The predicted molar refractivity (Wildman–Crippen MR) is 118 cm³/mol. The Bertz CT molecular complexity index is 1160. The van der Waals surface area contributed by atoms with Gasteiger partial charge in [0.05, 0.1) is 11.1 Å². The first-order valence-corrected chi connectivity index (χ1v) is 11.3. The molecule has 1 heterocycles. The number of anilines is 1. The molecule has 2 aliphatic rings. The Kier molecular flexibility index (Phi) is 9.78. The molecule has 5 N–H and O–H groups in total. The molecular formula is C23H23ClF6N3O4-. The molecule has 0 saturated carbocycles. The van der Waals surface area contributed by atoms with Crippen LogP contribution in [-0.2, 0) is 16.0 Å². The second-order valence-corrected chi connectivity index (χ2v) is 8.95. The molecule has 37 heavy (non-hydrogen) atoms. The number of fused-ring (bicyclic) bond motifs is 5. The van der Waals surface area contributed by atoms with Gasteiger partial charge in [-0.05, 0) is 56.2 Å². The number of aliphatic carboxylic acids is 2. The molecular weight excluding hydrogens is 532 g/mol. The number of rotatable bonds is 3. The summed E-state index contributed by atoms with van der Waals surface area (Å²) in [5, 5.41) is 19.4. The quantitative estimate of drug-likeness (QED) is 0.439. The van der Waals surface area contributed by atoms with Gasteiger partial charge in [0.1, 0.15) is 11.9 Å². The number of halogens is 7. The summed E-state index contributed by atoms with van der Waals surface area (Å²) in [4.78, 5) is 21.2. The molecule has 1 aromatic heterocycles. The van der Waals surface area contributed by atoms with Crippen molar-refractivity contribution in [3.8, 4) is 0 Å². The third kappa shape index (κ3) is 8.22. The molecule has 0 spiro atoms. The summed E-state index contributed by atoms with van der Waals surface area (Å²) in [5.41, 5.74) is 18.4. The highest BCUT2D eigenvalue weighted by Crippen LogP contribution is 2.46. The first-order valence-electron chi connectivity index (χ1n) is 10.9. The molecule has 0 saturated heterocycles. The lowest BCUT2D eigenvalue weighted by molar-refractivity contribution is -0.360. The third-order valence-corrected chi connectivity index (χ3v) is 6.01. The van der Waals surface area contributed by atoms with Crippen molar-refractivity contribution in [1.82, 2.24) is 0 Å². The fourth-order valence-electron chi connectivity index (χ4n) is 4.39. The molecule has 2 atom stereocenters. The Hall–Kier alpha value is -3.06. The number of carboxylic acids is 2. The number of alkyl halides is 6. The van der Waals surface area contributed by atoms with E-state index in [2.05, 4.69) is 11.1 Å². The zero-order chi connectivity index (χ0) is 28.1. The molecule has 2 bridgehead atoms. The fraction of sp³-hybridized carbons (Fsp3) is 0.435. The number of aromatic amines is 1. The minimum Gasteiger partial charge on any atom is -0.542 e. The summed E-state index contributed by atoms with van der Waals surface area (Å²) in [5.74, 6) is -4.85. The molecule has 0 aliphatic heterocycles. The fourth-order valence-corrected chi connectivity index (χ4v) is 4.57. The number of nitrogens with two attached hydrogens (primary N) is 2. The molecule has 4 rings (SSSR count). The van der Waals surface area contributed by atoms with Crippen molar-refractivity contribution in [2.75, 3.05) is 12.3 Å². The lowest BCUT2D eigenvalue weighted by atomic mass is 9.70. The number of carbonyl (C=O) groups is 2. The highest BCUT2D eigenvalue weighted by molar-refractivity contribution is 6.31. The monoisotopic (exact) mass is 554 g/mol. The summed E-state index contributed by atoms with van der Waals surface area (Å²) >= 11 is 6.14. The predicted octanol–water partition coefficient (Wildman–Crippen LogP) is 2.20. The van der Waals surface area contributed by atoms with Crippen LogP contribution in [0.2, 0.25) is 5.02 Å². The largest absolute Gasteiger partial charge is 0.542 e. The van der Waals surface area contributed by atoms with Crippen molar-refractivity contribution in [2.24, 2.45) is 11.7 Å². The van der Waals surface area contributed by atoms with Crippen LogP contribution in [0.15, 0.2) is 29.8 Å². The maximum absolute atomic E-state index is 10.5. The topological polar surface area (TPSA) is 146 Å². The average molecular weight is 555 g/mol. The second-order valence-electron chi connectivity index (χ2n) is 8.51. The van der Waals surface area contributed by atoms with E-state index in [1.54, 1.807) is 5.57 Å². The smallest absolute Gasteiger partial charge is 0.430 e. The van der Waals surface area contributed by atoms with E-state index < -0.39 is 24.3 Å². The molecule has 204 valence electrons. The van der Waals surface area contributed by atoms with Crippen molar-refractivity contribution in [1.29, 1.82) is 0 Å². The Morgan fingerprint density at radius 1 is 1.05 bits per heavy atom. The lowest BCUT2D eigenvalue weighted by Crippen LogP contribution is -2.37. The number of hydrogen-bond donors (Lipinski definition) is 2. The first kappa shape index (κ1) is 30.2. The number of pyridine rings is 1.